The average molecular weight is 376 g/mol. The highest BCUT2D eigenvalue weighted by atomic mass is 32.2. The molecular weight excluding hydrogens is 356 g/mol. The van der Waals surface area contributed by atoms with Crippen molar-refractivity contribution in [2.45, 2.75) is 18.7 Å². The predicted molar refractivity (Wildman–Crippen MR) is 96.3 cm³/mol. The molecule has 0 aliphatic heterocycles. The van der Waals surface area contributed by atoms with E-state index in [9.17, 15) is 13.2 Å². The molecule has 0 radical (unpaired) electrons. The van der Waals surface area contributed by atoms with Crippen molar-refractivity contribution in [2.75, 3.05) is 19.4 Å². The lowest BCUT2D eigenvalue weighted by Gasteiger charge is -2.11. The Kier molecular flexibility index (Phi) is 5.69. The van der Waals surface area contributed by atoms with Crippen molar-refractivity contribution in [1.29, 1.82) is 5.26 Å². The third kappa shape index (κ3) is 3.87. The minimum absolute atomic E-state index is 0.00893. The van der Waals surface area contributed by atoms with Gasteiger partial charge in [-0.25, -0.2) is 17.9 Å². The van der Waals surface area contributed by atoms with Crippen LogP contribution in [0.25, 0.3) is 5.69 Å². The maximum Gasteiger partial charge on any atom is 0.357 e. The first-order valence-electron chi connectivity index (χ1n) is 7.80. The molecule has 0 aliphatic rings. The first-order chi connectivity index (χ1) is 12.2. The molecule has 0 amide bonds. The molecule has 26 heavy (non-hydrogen) atoms. The Bertz CT molecular complexity index is 954. The standard InChI is InChI=1S/C17H20N4O4S/c1-11(2)9-20-26(23,24)14-6-4-13(5-7-14)21-10-12(8-18)15(19)16(21)17(22)25-3/h4-7,10-11,20H,9,19H2,1-3H3. The van der Waals surface area contributed by atoms with Crippen molar-refractivity contribution in [3.8, 4) is 11.8 Å². The van der Waals surface area contributed by atoms with E-state index in [0.717, 1.165) is 0 Å². The van der Waals surface area contributed by atoms with E-state index < -0.39 is 16.0 Å². The normalized spacial score (nSPS) is 11.3. The van der Waals surface area contributed by atoms with Gasteiger partial charge >= 0.3 is 5.97 Å². The summed E-state index contributed by atoms with van der Waals surface area (Å²) in [6.07, 6.45) is 1.40. The number of aromatic nitrogens is 1. The van der Waals surface area contributed by atoms with Gasteiger partial charge in [0.15, 0.2) is 5.69 Å². The quantitative estimate of drug-likeness (QED) is 0.738. The van der Waals surface area contributed by atoms with Crippen LogP contribution in [-0.2, 0) is 14.8 Å². The molecule has 2 rings (SSSR count). The lowest BCUT2D eigenvalue weighted by atomic mass is 10.2. The van der Waals surface area contributed by atoms with Gasteiger partial charge in [0.1, 0.15) is 6.07 Å². The van der Waals surface area contributed by atoms with E-state index in [2.05, 4.69) is 4.72 Å². The zero-order valence-corrected chi connectivity index (χ0v) is 15.5. The number of carbonyl (C=O) groups is 1. The molecule has 0 aliphatic carbocycles. The average Bonchev–Trinajstić information content (AvgIpc) is 2.96. The van der Waals surface area contributed by atoms with Gasteiger partial charge in [-0.05, 0) is 30.2 Å². The molecule has 0 saturated heterocycles. The molecule has 1 heterocycles. The Hall–Kier alpha value is -2.83. The molecule has 138 valence electrons. The lowest BCUT2D eigenvalue weighted by Crippen LogP contribution is -2.27. The number of nitriles is 1. The van der Waals surface area contributed by atoms with Crippen LogP contribution in [0.1, 0.15) is 29.9 Å². The third-order valence-electron chi connectivity index (χ3n) is 3.65. The molecule has 0 atom stereocenters. The molecule has 0 unspecified atom stereocenters. The van der Waals surface area contributed by atoms with E-state index in [1.807, 2.05) is 19.9 Å². The fraction of sp³-hybridized carbons (Fsp3) is 0.294. The number of nitrogen functional groups attached to an aromatic ring is 1. The maximum absolute atomic E-state index is 12.3. The number of nitrogens with zero attached hydrogens (tertiary/aromatic N) is 2. The number of carbonyl (C=O) groups excluding carboxylic acids is 1. The molecule has 0 spiro atoms. The molecule has 0 saturated carbocycles. The van der Waals surface area contributed by atoms with Crippen molar-refractivity contribution in [3.05, 3.63) is 41.7 Å². The second-order valence-electron chi connectivity index (χ2n) is 6.02. The number of nitrogens with one attached hydrogen (secondary N) is 1. The summed E-state index contributed by atoms with van der Waals surface area (Å²) in [7, 11) is -2.41. The van der Waals surface area contributed by atoms with Gasteiger partial charge in [-0.3, -0.25) is 0 Å². The number of nitrogens with two attached hydrogens (primary N) is 1. The molecule has 2 aromatic rings. The monoisotopic (exact) mass is 376 g/mol. The van der Waals surface area contributed by atoms with Crippen LogP contribution in [0.5, 0.6) is 0 Å². The highest BCUT2D eigenvalue weighted by molar-refractivity contribution is 7.89. The molecule has 0 bridgehead atoms. The smallest absolute Gasteiger partial charge is 0.357 e. The van der Waals surface area contributed by atoms with E-state index in [0.29, 0.717) is 12.2 Å². The Morgan fingerprint density at radius 2 is 1.96 bits per heavy atom. The minimum atomic E-state index is -3.62. The zero-order valence-electron chi connectivity index (χ0n) is 14.7. The summed E-state index contributed by atoms with van der Waals surface area (Å²) in [5, 5.41) is 9.13. The van der Waals surface area contributed by atoms with Gasteiger partial charge in [0.05, 0.1) is 23.3 Å². The highest BCUT2D eigenvalue weighted by Gasteiger charge is 2.22. The molecule has 8 nitrogen and oxygen atoms in total. The van der Waals surface area contributed by atoms with Crippen LogP contribution in [0.15, 0.2) is 35.4 Å². The topological polar surface area (TPSA) is 127 Å². The molecule has 9 heteroatoms. The SMILES string of the molecule is COC(=O)c1c(N)c(C#N)cn1-c1ccc(S(=O)(=O)NCC(C)C)cc1. The number of sulfonamides is 1. The van der Waals surface area contributed by atoms with Crippen LogP contribution in [0.3, 0.4) is 0 Å². The van der Waals surface area contributed by atoms with Crippen molar-refractivity contribution in [3.63, 3.8) is 0 Å². The Labute approximate surface area is 152 Å². The minimum Gasteiger partial charge on any atom is -0.464 e. The largest absolute Gasteiger partial charge is 0.464 e. The highest BCUT2D eigenvalue weighted by Crippen LogP contribution is 2.25. The van der Waals surface area contributed by atoms with Gasteiger partial charge in [0.2, 0.25) is 10.0 Å². The van der Waals surface area contributed by atoms with Gasteiger partial charge < -0.3 is 15.0 Å². The first kappa shape index (κ1) is 19.5. The summed E-state index contributed by atoms with van der Waals surface area (Å²) in [4.78, 5) is 12.1. The number of esters is 1. The Morgan fingerprint density at radius 1 is 1.35 bits per heavy atom. The fourth-order valence-corrected chi connectivity index (χ4v) is 3.48. The lowest BCUT2D eigenvalue weighted by molar-refractivity contribution is 0.0593. The number of methoxy groups -OCH3 is 1. The summed E-state index contributed by atoms with van der Waals surface area (Å²) < 4.78 is 33.1. The third-order valence-corrected chi connectivity index (χ3v) is 5.09. The second-order valence-corrected chi connectivity index (χ2v) is 7.79. The number of ether oxygens (including phenoxy) is 1. The number of hydrogen-bond acceptors (Lipinski definition) is 6. The zero-order chi connectivity index (χ0) is 19.5. The second kappa shape index (κ2) is 7.59. The Balaban J connectivity index is 2.44. The van der Waals surface area contributed by atoms with Crippen LogP contribution in [0.4, 0.5) is 5.69 Å². The maximum atomic E-state index is 12.3. The van der Waals surface area contributed by atoms with Crippen LogP contribution in [0.2, 0.25) is 0 Å². The van der Waals surface area contributed by atoms with Crippen LogP contribution >= 0.6 is 0 Å². The van der Waals surface area contributed by atoms with Crippen molar-refractivity contribution in [1.82, 2.24) is 9.29 Å². The van der Waals surface area contributed by atoms with E-state index in [1.165, 1.54) is 42.1 Å². The number of anilines is 1. The first-order valence-corrected chi connectivity index (χ1v) is 9.29. The van der Waals surface area contributed by atoms with Gasteiger partial charge in [-0.1, -0.05) is 13.8 Å². The van der Waals surface area contributed by atoms with E-state index in [-0.39, 0.29) is 27.8 Å². The molecule has 1 aromatic heterocycles. The molecule has 1 aromatic carbocycles. The summed E-state index contributed by atoms with van der Waals surface area (Å²) in [5.41, 5.74) is 6.47. The van der Waals surface area contributed by atoms with Gasteiger partial charge in [0, 0.05) is 18.4 Å². The summed E-state index contributed by atoms with van der Waals surface area (Å²) in [5.74, 6) is -0.516. The van der Waals surface area contributed by atoms with E-state index in [1.54, 1.807) is 0 Å². The van der Waals surface area contributed by atoms with E-state index in [4.69, 9.17) is 15.7 Å². The summed E-state index contributed by atoms with van der Waals surface area (Å²) in [6, 6.07) is 7.79. The molecule has 0 fully saturated rings. The van der Waals surface area contributed by atoms with Gasteiger partial charge in [-0.2, -0.15) is 5.26 Å². The van der Waals surface area contributed by atoms with Gasteiger partial charge in [0.25, 0.3) is 0 Å². The Morgan fingerprint density at radius 3 is 2.46 bits per heavy atom. The fourth-order valence-electron chi connectivity index (χ4n) is 2.26. The predicted octanol–water partition coefficient (Wildman–Crippen LogP) is 1.65. The van der Waals surface area contributed by atoms with Gasteiger partial charge in [-0.15, -0.1) is 0 Å². The van der Waals surface area contributed by atoms with Crippen LogP contribution in [0, 0.1) is 17.2 Å². The van der Waals surface area contributed by atoms with E-state index >= 15 is 0 Å². The van der Waals surface area contributed by atoms with Crippen molar-refractivity contribution < 1.29 is 17.9 Å². The van der Waals surface area contributed by atoms with Crippen LogP contribution < -0.4 is 10.5 Å². The molecular formula is C17H20N4O4S. The summed E-state index contributed by atoms with van der Waals surface area (Å²) in [6.45, 7) is 4.14. The number of benzene rings is 1. The van der Waals surface area contributed by atoms with Crippen molar-refractivity contribution in [2.24, 2.45) is 5.92 Å². The van der Waals surface area contributed by atoms with Crippen molar-refractivity contribution >= 4 is 21.7 Å². The van der Waals surface area contributed by atoms with Crippen LogP contribution in [-0.4, -0.2) is 32.6 Å². The number of hydrogen-bond donors (Lipinski definition) is 2. The molecule has 3 N–H and O–H groups in total. The summed E-state index contributed by atoms with van der Waals surface area (Å²) >= 11 is 0. The number of rotatable bonds is 6.